The molecule has 0 aliphatic heterocycles. The molecular formula is C14H17F3N2O2. The van der Waals surface area contributed by atoms with Gasteiger partial charge in [-0.2, -0.15) is 13.2 Å². The normalized spacial score (nSPS) is 12.1. The van der Waals surface area contributed by atoms with Crippen LogP contribution in [0.5, 0.6) is 0 Å². The van der Waals surface area contributed by atoms with Gasteiger partial charge in [-0.15, -0.1) is 0 Å². The first-order valence-electron chi connectivity index (χ1n) is 6.31. The van der Waals surface area contributed by atoms with Crippen molar-refractivity contribution >= 4 is 17.9 Å². The van der Waals surface area contributed by atoms with Crippen LogP contribution in [-0.2, 0) is 4.79 Å². The first-order chi connectivity index (χ1) is 9.60. The summed E-state index contributed by atoms with van der Waals surface area (Å²) in [7, 11) is 0. The largest absolute Gasteiger partial charge is 0.478 e. The van der Waals surface area contributed by atoms with Gasteiger partial charge in [0.15, 0.2) is 0 Å². The Bertz CT molecular complexity index is 540. The molecule has 0 bridgehead atoms. The number of halogens is 3. The van der Waals surface area contributed by atoms with Gasteiger partial charge in [0.25, 0.3) is 0 Å². The summed E-state index contributed by atoms with van der Waals surface area (Å²) in [6, 6.07) is 1.24. The molecule has 0 amide bonds. The number of aryl methyl sites for hydroxylation is 1. The Labute approximate surface area is 120 Å². The second-order valence-electron chi connectivity index (χ2n) is 4.92. The molecule has 1 aromatic heterocycles. The van der Waals surface area contributed by atoms with Gasteiger partial charge in [-0.1, -0.05) is 0 Å². The molecule has 1 rings (SSSR count). The van der Waals surface area contributed by atoms with Crippen molar-refractivity contribution in [3.8, 4) is 0 Å². The number of pyridine rings is 1. The average Bonchev–Trinajstić information content (AvgIpc) is 2.32. The van der Waals surface area contributed by atoms with Crippen LogP contribution in [0.25, 0.3) is 6.08 Å². The molecule has 0 aliphatic carbocycles. The van der Waals surface area contributed by atoms with Gasteiger partial charge in [-0.05, 0) is 44.0 Å². The maximum Gasteiger partial charge on any atom is 0.405 e. The lowest BCUT2D eigenvalue weighted by atomic mass is 10.1. The third-order valence-corrected chi connectivity index (χ3v) is 2.74. The van der Waals surface area contributed by atoms with E-state index in [1.54, 1.807) is 26.8 Å². The number of aliphatic carboxylic acids is 1. The van der Waals surface area contributed by atoms with E-state index in [0.29, 0.717) is 11.1 Å². The lowest BCUT2D eigenvalue weighted by Crippen LogP contribution is -2.40. The van der Waals surface area contributed by atoms with E-state index in [1.807, 2.05) is 0 Å². The maximum absolute atomic E-state index is 12.6. The van der Waals surface area contributed by atoms with Gasteiger partial charge in [0, 0.05) is 18.3 Å². The van der Waals surface area contributed by atoms with Gasteiger partial charge in [0.05, 0.1) is 0 Å². The van der Waals surface area contributed by atoms with Crippen molar-refractivity contribution in [2.75, 3.05) is 11.4 Å². The van der Waals surface area contributed by atoms with E-state index in [1.165, 1.54) is 17.2 Å². The Morgan fingerprint density at radius 2 is 2.10 bits per heavy atom. The molecule has 4 nitrogen and oxygen atoms in total. The summed E-state index contributed by atoms with van der Waals surface area (Å²) in [5.41, 5.74) is 1.08. The minimum Gasteiger partial charge on any atom is -0.478 e. The van der Waals surface area contributed by atoms with Crippen LogP contribution in [-0.4, -0.2) is 34.8 Å². The number of hydrogen-bond acceptors (Lipinski definition) is 3. The highest BCUT2D eigenvalue weighted by Crippen LogP contribution is 2.25. The Hall–Kier alpha value is -2.05. The number of anilines is 1. The minimum absolute atomic E-state index is 0.245. The number of rotatable bonds is 5. The topological polar surface area (TPSA) is 53.4 Å². The SMILES string of the molecule is Cc1cc(/C=C/C(=O)O)cnc1N(CC(F)(F)F)C(C)C. The molecule has 0 fully saturated rings. The lowest BCUT2D eigenvalue weighted by Gasteiger charge is -2.30. The smallest absolute Gasteiger partial charge is 0.405 e. The standard InChI is InChI=1S/C14H17F3N2O2/c1-9(2)19(8-14(15,16)17)13-10(3)6-11(7-18-13)4-5-12(20)21/h4-7,9H,8H2,1-3H3,(H,20,21)/b5-4+. The molecule has 0 aromatic carbocycles. The van der Waals surface area contributed by atoms with Gasteiger partial charge in [0.2, 0.25) is 0 Å². The molecule has 1 heterocycles. The van der Waals surface area contributed by atoms with E-state index in [2.05, 4.69) is 4.98 Å². The number of carbonyl (C=O) groups is 1. The number of alkyl halides is 3. The molecule has 1 N–H and O–H groups in total. The predicted molar refractivity (Wildman–Crippen MR) is 74.2 cm³/mol. The first kappa shape index (κ1) is 17.0. The zero-order valence-corrected chi connectivity index (χ0v) is 12.0. The third-order valence-electron chi connectivity index (χ3n) is 2.74. The van der Waals surface area contributed by atoms with E-state index in [9.17, 15) is 18.0 Å². The molecule has 0 radical (unpaired) electrons. The first-order valence-corrected chi connectivity index (χ1v) is 6.31. The number of carboxylic acid groups (broad SMARTS) is 1. The quantitative estimate of drug-likeness (QED) is 0.848. The van der Waals surface area contributed by atoms with Crippen LogP contribution >= 0.6 is 0 Å². The zero-order valence-electron chi connectivity index (χ0n) is 12.0. The molecule has 7 heteroatoms. The Morgan fingerprint density at radius 3 is 2.52 bits per heavy atom. The van der Waals surface area contributed by atoms with Crippen LogP contribution in [0.3, 0.4) is 0 Å². The summed E-state index contributed by atoms with van der Waals surface area (Å²) in [4.78, 5) is 15.6. The summed E-state index contributed by atoms with van der Waals surface area (Å²) >= 11 is 0. The van der Waals surface area contributed by atoms with E-state index >= 15 is 0 Å². The van der Waals surface area contributed by atoms with Crippen LogP contribution < -0.4 is 4.90 Å². The van der Waals surface area contributed by atoms with Crippen LogP contribution in [0.2, 0.25) is 0 Å². The Morgan fingerprint density at radius 1 is 1.48 bits per heavy atom. The highest BCUT2D eigenvalue weighted by molar-refractivity contribution is 5.85. The summed E-state index contributed by atoms with van der Waals surface area (Å²) in [6.07, 6.45) is -0.671. The number of carboxylic acids is 1. The molecule has 21 heavy (non-hydrogen) atoms. The fraction of sp³-hybridized carbons (Fsp3) is 0.429. The fourth-order valence-corrected chi connectivity index (χ4v) is 1.84. The summed E-state index contributed by atoms with van der Waals surface area (Å²) < 4.78 is 37.9. The van der Waals surface area contributed by atoms with Gasteiger partial charge in [-0.3, -0.25) is 0 Å². The van der Waals surface area contributed by atoms with Crippen molar-refractivity contribution in [2.45, 2.75) is 33.0 Å². The summed E-state index contributed by atoms with van der Waals surface area (Å²) in [6.45, 7) is 3.88. The molecule has 0 saturated carbocycles. The Balaban J connectivity index is 3.08. The van der Waals surface area contributed by atoms with Crippen LogP contribution in [0.15, 0.2) is 18.3 Å². The minimum atomic E-state index is -4.32. The van der Waals surface area contributed by atoms with E-state index in [4.69, 9.17) is 5.11 Å². The molecule has 0 saturated heterocycles. The second kappa shape index (κ2) is 6.60. The van der Waals surface area contributed by atoms with E-state index in [-0.39, 0.29) is 11.9 Å². The van der Waals surface area contributed by atoms with Crippen LogP contribution in [0.1, 0.15) is 25.0 Å². The van der Waals surface area contributed by atoms with Gasteiger partial charge in [-0.25, -0.2) is 9.78 Å². The molecule has 0 unspecified atom stereocenters. The van der Waals surface area contributed by atoms with Gasteiger partial charge < -0.3 is 10.0 Å². The number of hydrogen-bond donors (Lipinski definition) is 1. The molecule has 0 aliphatic rings. The lowest BCUT2D eigenvalue weighted by molar-refractivity contribution is -0.131. The molecule has 0 spiro atoms. The average molecular weight is 302 g/mol. The highest BCUT2D eigenvalue weighted by atomic mass is 19.4. The van der Waals surface area contributed by atoms with Gasteiger partial charge in [0.1, 0.15) is 12.4 Å². The fourth-order valence-electron chi connectivity index (χ4n) is 1.84. The molecule has 0 atom stereocenters. The molecular weight excluding hydrogens is 285 g/mol. The van der Waals surface area contributed by atoms with Crippen molar-refractivity contribution < 1.29 is 23.1 Å². The third kappa shape index (κ3) is 5.45. The monoisotopic (exact) mass is 302 g/mol. The number of aromatic nitrogens is 1. The van der Waals surface area contributed by atoms with Crippen LogP contribution in [0.4, 0.5) is 19.0 Å². The van der Waals surface area contributed by atoms with Crippen molar-refractivity contribution in [3.63, 3.8) is 0 Å². The molecule has 1 aromatic rings. The number of nitrogens with zero attached hydrogens (tertiary/aromatic N) is 2. The van der Waals surface area contributed by atoms with Crippen molar-refractivity contribution in [1.82, 2.24) is 4.98 Å². The maximum atomic E-state index is 12.6. The van der Waals surface area contributed by atoms with Crippen molar-refractivity contribution in [3.05, 3.63) is 29.5 Å². The summed E-state index contributed by atoms with van der Waals surface area (Å²) in [5, 5.41) is 8.55. The highest BCUT2D eigenvalue weighted by Gasteiger charge is 2.33. The zero-order chi connectivity index (χ0) is 16.2. The Kier molecular flexibility index (Phi) is 5.34. The van der Waals surface area contributed by atoms with E-state index in [0.717, 1.165) is 6.08 Å². The van der Waals surface area contributed by atoms with Crippen molar-refractivity contribution in [2.24, 2.45) is 0 Å². The van der Waals surface area contributed by atoms with Gasteiger partial charge >= 0.3 is 12.1 Å². The van der Waals surface area contributed by atoms with Crippen LogP contribution in [0, 0.1) is 6.92 Å². The van der Waals surface area contributed by atoms with E-state index < -0.39 is 18.7 Å². The second-order valence-corrected chi connectivity index (χ2v) is 4.92. The van der Waals surface area contributed by atoms with Crippen molar-refractivity contribution in [1.29, 1.82) is 0 Å². The predicted octanol–water partition coefficient (Wildman–Crippen LogP) is 3.26. The molecule has 116 valence electrons. The summed E-state index contributed by atoms with van der Waals surface area (Å²) in [5.74, 6) is -0.854.